The van der Waals surface area contributed by atoms with Crippen LogP contribution in [0, 0.1) is 6.92 Å². The molecule has 4 heteroatoms. The SMILES string of the molecule is COc1c(C)cc(Cl)cc1CNCO. The van der Waals surface area contributed by atoms with Crippen molar-refractivity contribution in [1.29, 1.82) is 0 Å². The summed E-state index contributed by atoms with van der Waals surface area (Å²) in [5, 5.41) is 12.1. The molecule has 1 rings (SSSR count). The molecule has 0 fully saturated rings. The van der Waals surface area contributed by atoms with Gasteiger partial charge in [0.1, 0.15) is 5.75 Å². The van der Waals surface area contributed by atoms with Gasteiger partial charge in [0.15, 0.2) is 0 Å². The van der Waals surface area contributed by atoms with Crippen LogP contribution in [0.1, 0.15) is 11.1 Å². The average molecular weight is 216 g/mol. The molecule has 78 valence electrons. The van der Waals surface area contributed by atoms with Gasteiger partial charge in [0.2, 0.25) is 0 Å². The Morgan fingerprint density at radius 2 is 2.21 bits per heavy atom. The Morgan fingerprint density at radius 1 is 1.50 bits per heavy atom. The zero-order valence-corrected chi connectivity index (χ0v) is 9.06. The summed E-state index contributed by atoms with van der Waals surface area (Å²) in [5.74, 6) is 0.815. The molecule has 0 aliphatic rings. The molecule has 0 saturated heterocycles. The third kappa shape index (κ3) is 2.61. The molecule has 14 heavy (non-hydrogen) atoms. The number of methoxy groups -OCH3 is 1. The molecule has 0 aliphatic heterocycles. The van der Waals surface area contributed by atoms with E-state index in [0.717, 1.165) is 16.9 Å². The standard InChI is InChI=1S/C10H14ClNO2/c1-7-3-9(11)4-8(5-12-6-13)10(7)14-2/h3-4,12-13H,5-6H2,1-2H3. The minimum Gasteiger partial charge on any atom is -0.496 e. The summed E-state index contributed by atoms with van der Waals surface area (Å²) >= 11 is 5.91. The molecule has 2 N–H and O–H groups in total. The molecule has 0 aliphatic carbocycles. The maximum Gasteiger partial charge on any atom is 0.126 e. The maximum absolute atomic E-state index is 8.64. The molecule has 1 aromatic carbocycles. The van der Waals surface area contributed by atoms with E-state index in [2.05, 4.69) is 5.32 Å². The molecule has 0 aromatic heterocycles. The molecule has 1 aromatic rings. The lowest BCUT2D eigenvalue weighted by Gasteiger charge is -2.12. The summed E-state index contributed by atoms with van der Waals surface area (Å²) < 4.78 is 5.25. The van der Waals surface area contributed by atoms with Crippen LogP contribution in [-0.4, -0.2) is 18.9 Å². The molecular weight excluding hydrogens is 202 g/mol. The van der Waals surface area contributed by atoms with Gasteiger partial charge in [-0.1, -0.05) is 11.6 Å². The van der Waals surface area contributed by atoms with Gasteiger partial charge in [0, 0.05) is 17.1 Å². The van der Waals surface area contributed by atoms with Gasteiger partial charge in [0.25, 0.3) is 0 Å². The van der Waals surface area contributed by atoms with Gasteiger partial charge in [-0.15, -0.1) is 0 Å². The van der Waals surface area contributed by atoms with Crippen molar-refractivity contribution in [3.8, 4) is 5.75 Å². The number of nitrogens with one attached hydrogen (secondary N) is 1. The quantitative estimate of drug-likeness (QED) is 0.752. The predicted molar refractivity (Wildman–Crippen MR) is 56.7 cm³/mol. The lowest BCUT2D eigenvalue weighted by molar-refractivity contribution is 0.258. The lowest BCUT2D eigenvalue weighted by Crippen LogP contribution is -2.14. The first kappa shape index (κ1) is 11.3. The summed E-state index contributed by atoms with van der Waals surface area (Å²) in [6.07, 6.45) is 0. The molecule has 0 radical (unpaired) electrons. The third-order valence-corrected chi connectivity index (χ3v) is 2.17. The molecule has 0 saturated carbocycles. The number of hydrogen-bond donors (Lipinski definition) is 2. The summed E-state index contributed by atoms with van der Waals surface area (Å²) in [5.41, 5.74) is 1.95. The number of halogens is 1. The molecule has 0 bridgehead atoms. The molecule has 3 nitrogen and oxygen atoms in total. The Bertz CT molecular complexity index is 315. The lowest BCUT2D eigenvalue weighted by atomic mass is 10.1. The van der Waals surface area contributed by atoms with E-state index in [1.54, 1.807) is 7.11 Å². The van der Waals surface area contributed by atoms with Crippen LogP contribution in [0.2, 0.25) is 5.02 Å². The smallest absolute Gasteiger partial charge is 0.126 e. The van der Waals surface area contributed by atoms with E-state index < -0.39 is 0 Å². The van der Waals surface area contributed by atoms with Crippen LogP contribution < -0.4 is 10.1 Å². The highest BCUT2D eigenvalue weighted by atomic mass is 35.5. The van der Waals surface area contributed by atoms with Crippen molar-refractivity contribution >= 4 is 11.6 Å². The number of ether oxygens (including phenoxy) is 1. The Labute approximate surface area is 88.7 Å². The van der Waals surface area contributed by atoms with Crippen molar-refractivity contribution in [3.63, 3.8) is 0 Å². The van der Waals surface area contributed by atoms with Crippen LogP contribution in [0.25, 0.3) is 0 Å². The van der Waals surface area contributed by atoms with Gasteiger partial charge < -0.3 is 9.84 Å². The van der Waals surface area contributed by atoms with Crippen molar-refractivity contribution in [2.24, 2.45) is 0 Å². The van der Waals surface area contributed by atoms with E-state index in [1.165, 1.54) is 0 Å². The molecule has 0 unspecified atom stereocenters. The van der Waals surface area contributed by atoms with Crippen molar-refractivity contribution in [2.75, 3.05) is 13.8 Å². The van der Waals surface area contributed by atoms with Gasteiger partial charge >= 0.3 is 0 Å². The predicted octanol–water partition coefficient (Wildman–Crippen LogP) is 1.70. The van der Waals surface area contributed by atoms with Gasteiger partial charge in [-0.25, -0.2) is 0 Å². The monoisotopic (exact) mass is 215 g/mol. The Balaban J connectivity index is 2.99. The van der Waals surface area contributed by atoms with Crippen LogP contribution in [0.5, 0.6) is 5.75 Å². The summed E-state index contributed by atoms with van der Waals surface area (Å²) in [6.45, 7) is 2.42. The number of aliphatic hydroxyl groups excluding tert-OH is 1. The molecular formula is C10H14ClNO2. The average Bonchev–Trinajstić information content (AvgIpc) is 2.14. The molecule has 0 amide bonds. The van der Waals surface area contributed by atoms with E-state index in [0.29, 0.717) is 11.6 Å². The van der Waals surface area contributed by atoms with Crippen molar-refractivity contribution in [1.82, 2.24) is 5.32 Å². The minimum atomic E-state index is -0.0608. The van der Waals surface area contributed by atoms with E-state index in [1.807, 2.05) is 19.1 Å². The van der Waals surface area contributed by atoms with Crippen LogP contribution in [0.3, 0.4) is 0 Å². The van der Waals surface area contributed by atoms with Gasteiger partial charge in [-0.3, -0.25) is 5.32 Å². The normalized spacial score (nSPS) is 10.3. The first-order chi connectivity index (χ1) is 6.69. The van der Waals surface area contributed by atoms with Crippen LogP contribution in [0.15, 0.2) is 12.1 Å². The Kier molecular flexibility index (Phi) is 4.20. The number of benzene rings is 1. The zero-order valence-electron chi connectivity index (χ0n) is 8.30. The number of rotatable bonds is 4. The van der Waals surface area contributed by atoms with Gasteiger partial charge in [-0.05, 0) is 24.6 Å². The number of aryl methyl sites for hydroxylation is 1. The fourth-order valence-corrected chi connectivity index (χ4v) is 1.71. The highest BCUT2D eigenvalue weighted by molar-refractivity contribution is 6.30. The van der Waals surface area contributed by atoms with Crippen LogP contribution in [0.4, 0.5) is 0 Å². The van der Waals surface area contributed by atoms with E-state index in [4.69, 9.17) is 21.4 Å². The largest absolute Gasteiger partial charge is 0.496 e. The van der Waals surface area contributed by atoms with E-state index in [9.17, 15) is 0 Å². The van der Waals surface area contributed by atoms with Crippen molar-refractivity contribution in [2.45, 2.75) is 13.5 Å². The highest BCUT2D eigenvalue weighted by Crippen LogP contribution is 2.27. The first-order valence-corrected chi connectivity index (χ1v) is 4.71. The summed E-state index contributed by atoms with van der Waals surface area (Å²) in [4.78, 5) is 0. The zero-order chi connectivity index (χ0) is 10.6. The van der Waals surface area contributed by atoms with Crippen LogP contribution >= 0.6 is 11.6 Å². The first-order valence-electron chi connectivity index (χ1n) is 4.33. The fourth-order valence-electron chi connectivity index (χ4n) is 1.41. The second-order valence-electron chi connectivity index (χ2n) is 3.00. The minimum absolute atomic E-state index is 0.0608. The molecule has 0 spiro atoms. The van der Waals surface area contributed by atoms with Gasteiger partial charge in [-0.2, -0.15) is 0 Å². The van der Waals surface area contributed by atoms with E-state index >= 15 is 0 Å². The Morgan fingerprint density at radius 3 is 2.79 bits per heavy atom. The van der Waals surface area contributed by atoms with Crippen molar-refractivity contribution in [3.05, 3.63) is 28.3 Å². The van der Waals surface area contributed by atoms with Crippen molar-refractivity contribution < 1.29 is 9.84 Å². The second-order valence-corrected chi connectivity index (χ2v) is 3.44. The molecule has 0 heterocycles. The topological polar surface area (TPSA) is 41.5 Å². The fraction of sp³-hybridized carbons (Fsp3) is 0.400. The number of hydrogen-bond acceptors (Lipinski definition) is 3. The maximum atomic E-state index is 8.64. The highest BCUT2D eigenvalue weighted by Gasteiger charge is 2.07. The van der Waals surface area contributed by atoms with E-state index in [-0.39, 0.29) is 6.73 Å². The number of aliphatic hydroxyl groups is 1. The summed E-state index contributed by atoms with van der Waals surface area (Å²) in [6, 6.07) is 3.68. The molecule has 0 atom stereocenters. The third-order valence-electron chi connectivity index (χ3n) is 1.95. The summed E-state index contributed by atoms with van der Waals surface area (Å²) in [7, 11) is 1.62. The Hall–Kier alpha value is -0.770. The van der Waals surface area contributed by atoms with Crippen LogP contribution in [-0.2, 0) is 6.54 Å². The van der Waals surface area contributed by atoms with Gasteiger partial charge in [0.05, 0.1) is 13.8 Å². The second kappa shape index (κ2) is 5.20.